The van der Waals surface area contributed by atoms with Crippen LogP contribution in [0.2, 0.25) is 0 Å². The van der Waals surface area contributed by atoms with Crippen molar-refractivity contribution in [3.8, 4) is 5.75 Å². The zero-order valence-corrected chi connectivity index (χ0v) is 11.0. The second kappa shape index (κ2) is 6.53. The van der Waals surface area contributed by atoms with Crippen molar-refractivity contribution in [1.29, 1.82) is 0 Å². The molecule has 0 bridgehead atoms. The van der Waals surface area contributed by atoms with Crippen LogP contribution in [0.5, 0.6) is 5.75 Å². The molecule has 0 aromatic heterocycles. The maximum Gasteiger partial charge on any atom is 0.341 e. The van der Waals surface area contributed by atoms with Crippen LogP contribution < -0.4 is 4.74 Å². The zero-order chi connectivity index (χ0) is 12.0. The van der Waals surface area contributed by atoms with Crippen molar-refractivity contribution in [1.82, 2.24) is 0 Å². The van der Waals surface area contributed by atoms with Crippen molar-refractivity contribution in [3.63, 3.8) is 0 Å². The molecule has 0 unspecified atom stereocenters. The molecule has 0 amide bonds. The molecule has 0 radical (unpaired) electrons. The minimum atomic E-state index is -0.382. The quantitative estimate of drug-likeness (QED) is 0.615. The Labute approximate surface area is 104 Å². The van der Waals surface area contributed by atoms with Crippen molar-refractivity contribution < 1.29 is 14.3 Å². The minimum absolute atomic E-state index is 0.382. The molecular formula is C12H15BrO3. The van der Waals surface area contributed by atoms with Crippen LogP contribution in [0.4, 0.5) is 0 Å². The van der Waals surface area contributed by atoms with Crippen molar-refractivity contribution >= 4 is 21.9 Å². The standard InChI is InChI=1S/C12H15BrO3/c1-3-4-8-16-11-9(12(14)15-2)6-5-7-10(11)13/h5-7H,3-4,8H2,1-2H3. The molecule has 88 valence electrons. The van der Waals surface area contributed by atoms with Gasteiger partial charge in [-0.15, -0.1) is 0 Å². The van der Waals surface area contributed by atoms with Crippen LogP contribution in [0.25, 0.3) is 0 Å². The summed E-state index contributed by atoms with van der Waals surface area (Å²) < 4.78 is 11.1. The highest BCUT2D eigenvalue weighted by Gasteiger charge is 2.15. The number of carbonyl (C=O) groups excluding carboxylic acids is 1. The summed E-state index contributed by atoms with van der Waals surface area (Å²) in [5.74, 6) is 0.176. The highest BCUT2D eigenvalue weighted by atomic mass is 79.9. The van der Waals surface area contributed by atoms with E-state index in [4.69, 9.17) is 9.47 Å². The molecule has 0 aliphatic heterocycles. The van der Waals surface area contributed by atoms with E-state index < -0.39 is 0 Å². The summed E-state index contributed by atoms with van der Waals surface area (Å²) in [7, 11) is 1.36. The Kier molecular flexibility index (Phi) is 5.32. The van der Waals surface area contributed by atoms with E-state index >= 15 is 0 Å². The van der Waals surface area contributed by atoms with Gasteiger partial charge in [-0.25, -0.2) is 4.79 Å². The number of unbranched alkanes of at least 4 members (excludes halogenated alkanes) is 1. The number of hydrogen-bond donors (Lipinski definition) is 0. The van der Waals surface area contributed by atoms with E-state index in [0.717, 1.165) is 17.3 Å². The van der Waals surface area contributed by atoms with E-state index in [2.05, 4.69) is 22.9 Å². The van der Waals surface area contributed by atoms with E-state index in [9.17, 15) is 4.79 Å². The molecule has 0 spiro atoms. The predicted octanol–water partition coefficient (Wildman–Crippen LogP) is 3.41. The molecule has 3 nitrogen and oxygen atoms in total. The van der Waals surface area contributed by atoms with Gasteiger partial charge in [-0.05, 0) is 34.5 Å². The monoisotopic (exact) mass is 286 g/mol. The van der Waals surface area contributed by atoms with Crippen LogP contribution in [-0.4, -0.2) is 19.7 Å². The lowest BCUT2D eigenvalue weighted by Gasteiger charge is -2.11. The number of carbonyl (C=O) groups is 1. The van der Waals surface area contributed by atoms with Gasteiger partial charge >= 0.3 is 5.97 Å². The van der Waals surface area contributed by atoms with E-state index in [0.29, 0.717) is 17.9 Å². The van der Waals surface area contributed by atoms with E-state index in [-0.39, 0.29) is 5.97 Å². The van der Waals surface area contributed by atoms with Crippen molar-refractivity contribution in [2.75, 3.05) is 13.7 Å². The lowest BCUT2D eigenvalue weighted by Crippen LogP contribution is -2.07. The Hall–Kier alpha value is -1.03. The Morgan fingerprint density at radius 2 is 2.19 bits per heavy atom. The third kappa shape index (κ3) is 3.23. The first-order valence-electron chi connectivity index (χ1n) is 5.20. The SMILES string of the molecule is CCCCOc1c(Br)cccc1C(=O)OC. The largest absolute Gasteiger partial charge is 0.491 e. The third-order valence-electron chi connectivity index (χ3n) is 2.12. The smallest absolute Gasteiger partial charge is 0.341 e. The summed E-state index contributed by atoms with van der Waals surface area (Å²) in [6.45, 7) is 2.69. The second-order valence-corrected chi connectivity index (χ2v) is 4.16. The van der Waals surface area contributed by atoms with Crippen molar-refractivity contribution in [3.05, 3.63) is 28.2 Å². The zero-order valence-electron chi connectivity index (χ0n) is 9.46. The van der Waals surface area contributed by atoms with Gasteiger partial charge in [-0.3, -0.25) is 0 Å². The highest BCUT2D eigenvalue weighted by molar-refractivity contribution is 9.10. The number of benzene rings is 1. The van der Waals surface area contributed by atoms with Gasteiger partial charge in [0.15, 0.2) is 0 Å². The van der Waals surface area contributed by atoms with E-state index in [1.54, 1.807) is 12.1 Å². The Morgan fingerprint density at radius 3 is 2.81 bits per heavy atom. The third-order valence-corrected chi connectivity index (χ3v) is 2.74. The fourth-order valence-electron chi connectivity index (χ4n) is 1.24. The van der Waals surface area contributed by atoms with Crippen LogP contribution >= 0.6 is 15.9 Å². The molecule has 0 saturated carbocycles. The summed E-state index contributed by atoms with van der Waals surface area (Å²) in [5.41, 5.74) is 0.452. The van der Waals surface area contributed by atoms with E-state index in [1.165, 1.54) is 7.11 Å². The lowest BCUT2D eigenvalue weighted by atomic mass is 10.2. The maximum atomic E-state index is 11.5. The molecule has 0 heterocycles. The summed E-state index contributed by atoms with van der Waals surface area (Å²) in [6.07, 6.45) is 2.01. The van der Waals surface area contributed by atoms with Gasteiger partial charge in [0.25, 0.3) is 0 Å². The Bertz CT molecular complexity index is 363. The number of hydrogen-bond acceptors (Lipinski definition) is 3. The molecule has 0 aliphatic rings. The number of para-hydroxylation sites is 1. The molecule has 4 heteroatoms. The topological polar surface area (TPSA) is 35.5 Å². The molecule has 0 fully saturated rings. The van der Waals surface area contributed by atoms with Crippen molar-refractivity contribution in [2.45, 2.75) is 19.8 Å². The van der Waals surface area contributed by atoms with Crippen LogP contribution in [0, 0.1) is 0 Å². The van der Waals surface area contributed by atoms with Gasteiger partial charge < -0.3 is 9.47 Å². The first kappa shape index (κ1) is 13.0. The maximum absolute atomic E-state index is 11.5. The molecule has 1 aromatic rings. The van der Waals surface area contributed by atoms with Gasteiger partial charge in [-0.2, -0.15) is 0 Å². The molecule has 16 heavy (non-hydrogen) atoms. The molecule has 0 saturated heterocycles. The molecule has 0 aliphatic carbocycles. The number of ether oxygens (including phenoxy) is 2. The Balaban J connectivity index is 2.90. The Morgan fingerprint density at radius 1 is 1.44 bits per heavy atom. The molecule has 1 rings (SSSR count). The van der Waals surface area contributed by atoms with Gasteiger partial charge in [0.05, 0.1) is 18.2 Å². The van der Waals surface area contributed by atoms with Crippen molar-refractivity contribution in [2.24, 2.45) is 0 Å². The molecule has 0 N–H and O–H groups in total. The van der Waals surface area contributed by atoms with Crippen LogP contribution in [0.15, 0.2) is 22.7 Å². The average Bonchev–Trinajstić information content (AvgIpc) is 2.30. The predicted molar refractivity (Wildman–Crippen MR) is 65.9 cm³/mol. The van der Waals surface area contributed by atoms with E-state index in [1.807, 2.05) is 6.07 Å². The van der Waals surface area contributed by atoms with Gasteiger partial charge in [-0.1, -0.05) is 19.4 Å². The number of rotatable bonds is 5. The summed E-state index contributed by atoms with van der Waals surface area (Å²) >= 11 is 3.36. The van der Waals surface area contributed by atoms with Gasteiger partial charge in [0.1, 0.15) is 11.3 Å². The number of esters is 1. The summed E-state index contributed by atoms with van der Waals surface area (Å²) in [4.78, 5) is 11.5. The first-order valence-corrected chi connectivity index (χ1v) is 5.99. The van der Waals surface area contributed by atoms with Crippen LogP contribution in [-0.2, 0) is 4.74 Å². The molecular weight excluding hydrogens is 272 g/mol. The molecule has 1 aromatic carbocycles. The fourth-order valence-corrected chi connectivity index (χ4v) is 1.73. The van der Waals surface area contributed by atoms with Gasteiger partial charge in [0.2, 0.25) is 0 Å². The van der Waals surface area contributed by atoms with Gasteiger partial charge in [0, 0.05) is 0 Å². The number of halogens is 1. The summed E-state index contributed by atoms with van der Waals surface area (Å²) in [6, 6.07) is 5.31. The minimum Gasteiger partial charge on any atom is -0.491 e. The average molecular weight is 287 g/mol. The van der Waals surface area contributed by atoms with Crippen LogP contribution in [0.3, 0.4) is 0 Å². The second-order valence-electron chi connectivity index (χ2n) is 3.31. The highest BCUT2D eigenvalue weighted by Crippen LogP contribution is 2.29. The van der Waals surface area contributed by atoms with Crippen LogP contribution in [0.1, 0.15) is 30.1 Å². The summed E-state index contributed by atoms with van der Waals surface area (Å²) in [5, 5.41) is 0. The fraction of sp³-hybridized carbons (Fsp3) is 0.417. The molecule has 0 atom stereocenters. The number of methoxy groups -OCH3 is 1. The lowest BCUT2D eigenvalue weighted by molar-refractivity contribution is 0.0596. The normalized spacial score (nSPS) is 9.94. The first-order chi connectivity index (χ1) is 7.70.